The van der Waals surface area contributed by atoms with Gasteiger partial charge in [0.25, 0.3) is 0 Å². The van der Waals surface area contributed by atoms with Crippen LogP contribution in [-0.4, -0.2) is 18.9 Å². The molecular weight excluding hydrogens is 127 g/mol. The first-order valence-corrected chi connectivity index (χ1v) is 2.79. The van der Waals surface area contributed by atoms with E-state index in [2.05, 4.69) is 0 Å². The molecular formula is C7H5BO2. The number of hydrogen-bond acceptors (Lipinski definition) is 1. The highest BCUT2D eigenvalue weighted by Crippen LogP contribution is 1.94. The Balaban J connectivity index is 3.07. The van der Waals surface area contributed by atoms with Gasteiger partial charge in [0.1, 0.15) is 7.85 Å². The molecule has 0 bridgehead atoms. The fourth-order valence-electron chi connectivity index (χ4n) is 0.672. The summed E-state index contributed by atoms with van der Waals surface area (Å²) in [5.41, 5.74) is 0.694. The van der Waals surface area contributed by atoms with E-state index >= 15 is 0 Å². The number of carboxylic acids is 1. The first-order valence-electron chi connectivity index (χ1n) is 2.79. The van der Waals surface area contributed by atoms with Gasteiger partial charge in [0.15, 0.2) is 0 Å². The summed E-state index contributed by atoms with van der Waals surface area (Å²) in [6.07, 6.45) is 0. The molecule has 2 radical (unpaired) electrons. The maximum Gasteiger partial charge on any atom is 0.335 e. The van der Waals surface area contributed by atoms with Crippen LogP contribution in [0.3, 0.4) is 0 Å². The van der Waals surface area contributed by atoms with Gasteiger partial charge in [-0.05, 0) is 6.07 Å². The highest BCUT2D eigenvalue weighted by Gasteiger charge is 1.99. The second kappa shape index (κ2) is 2.56. The fourth-order valence-corrected chi connectivity index (χ4v) is 0.672. The Kier molecular flexibility index (Phi) is 1.76. The van der Waals surface area contributed by atoms with E-state index in [4.69, 9.17) is 13.0 Å². The molecule has 0 aliphatic rings. The molecule has 10 heavy (non-hydrogen) atoms. The van der Waals surface area contributed by atoms with Crippen molar-refractivity contribution in [3.8, 4) is 0 Å². The molecule has 0 aliphatic carbocycles. The van der Waals surface area contributed by atoms with Gasteiger partial charge in [0.2, 0.25) is 0 Å². The van der Waals surface area contributed by atoms with E-state index in [9.17, 15) is 4.79 Å². The number of hydrogen-bond donors (Lipinski definition) is 1. The van der Waals surface area contributed by atoms with E-state index in [1.54, 1.807) is 12.1 Å². The van der Waals surface area contributed by atoms with Crippen molar-refractivity contribution in [3.63, 3.8) is 0 Å². The van der Waals surface area contributed by atoms with Gasteiger partial charge < -0.3 is 5.11 Å². The van der Waals surface area contributed by atoms with E-state index in [0.717, 1.165) is 0 Å². The highest BCUT2D eigenvalue weighted by atomic mass is 16.4. The minimum atomic E-state index is -0.952. The van der Waals surface area contributed by atoms with Crippen LogP contribution in [0.5, 0.6) is 0 Å². The predicted molar refractivity (Wildman–Crippen MR) is 38.8 cm³/mol. The van der Waals surface area contributed by atoms with Crippen LogP contribution < -0.4 is 5.46 Å². The van der Waals surface area contributed by atoms with Crippen LogP contribution in [0.4, 0.5) is 0 Å². The van der Waals surface area contributed by atoms with Crippen molar-refractivity contribution < 1.29 is 9.90 Å². The van der Waals surface area contributed by atoms with Crippen LogP contribution in [0.2, 0.25) is 0 Å². The first-order chi connectivity index (χ1) is 4.70. The van der Waals surface area contributed by atoms with Crippen molar-refractivity contribution in [2.75, 3.05) is 0 Å². The number of carboxylic acid groups (broad SMARTS) is 1. The molecule has 0 aromatic heterocycles. The van der Waals surface area contributed by atoms with Gasteiger partial charge in [-0.2, -0.15) is 0 Å². The van der Waals surface area contributed by atoms with E-state index in [1.165, 1.54) is 12.1 Å². The molecule has 0 amide bonds. The van der Waals surface area contributed by atoms with Gasteiger partial charge in [-0.25, -0.2) is 4.79 Å². The zero-order chi connectivity index (χ0) is 7.56. The van der Waals surface area contributed by atoms with Crippen LogP contribution in [0.1, 0.15) is 10.4 Å². The van der Waals surface area contributed by atoms with Gasteiger partial charge in [-0.1, -0.05) is 23.7 Å². The average molecular weight is 132 g/mol. The van der Waals surface area contributed by atoms with Gasteiger partial charge >= 0.3 is 5.97 Å². The molecule has 0 saturated carbocycles. The summed E-state index contributed by atoms with van der Waals surface area (Å²) in [4.78, 5) is 10.3. The van der Waals surface area contributed by atoms with Crippen molar-refractivity contribution >= 4 is 19.3 Å². The van der Waals surface area contributed by atoms with Crippen molar-refractivity contribution in [3.05, 3.63) is 29.8 Å². The van der Waals surface area contributed by atoms with E-state index in [-0.39, 0.29) is 5.56 Å². The Morgan fingerprint density at radius 3 is 2.60 bits per heavy atom. The monoisotopic (exact) mass is 132 g/mol. The minimum Gasteiger partial charge on any atom is -0.478 e. The molecule has 1 rings (SSSR count). The fraction of sp³-hybridized carbons (Fsp3) is 0. The summed E-state index contributed by atoms with van der Waals surface area (Å²) in [5, 5.41) is 8.45. The van der Waals surface area contributed by atoms with Gasteiger partial charge in [0, 0.05) is 0 Å². The molecule has 3 heteroatoms. The van der Waals surface area contributed by atoms with E-state index in [1.807, 2.05) is 0 Å². The number of aromatic carboxylic acids is 1. The predicted octanol–water partition coefficient (Wildman–Crippen LogP) is 0.179. The SMILES string of the molecule is [B]c1cccc(C(=O)O)c1. The van der Waals surface area contributed by atoms with Gasteiger partial charge in [0.05, 0.1) is 5.56 Å². The number of carbonyl (C=O) groups is 1. The van der Waals surface area contributed by atoms with Crippen LogP contribution in [-0.2, 0) is 0 Å². The molecule has 48 valence electrons. The van der Waals surface area contributed by atoms with Crippen molar-refractivity contribution in [1.29, 1.82) is 0 Å². The maximum atomic E-state index is 10.3. The second-order valence-corrected chi connectivity index (χ2v) is 1.93. The van der Waals surface area contributed by atoms with Crippen molar-refractivity contribution in [2.24, 2.45) is 0 Å². The molecule has 2 nitrogen and oxygen atoms in total. The summed E-state index contributed by atoms with van der Waals surface area (Å²) < 4.78 is 0. The van der Waals surface area contributed by atoms with Crippen LogP contribution in [0, 0.1) is 0 Å². The topological polar surface area (TPSA) is 37.3 Å². The van der Waals surface area contributed by atoms with Crippen LogP contribution in [0.25, 0.3) is 0 Å². The standard InChI is InChI=1S/C7H5BO2/c8-6-3-1-2-5(4-6)7(9)10/h1-4H,(H,9,10). The lowest BCUT2D eigenvalue weighted by atomic mass is 9.95. The molecule has 1 N–H and O–H groups in total. The molecule has 0 fully saturated rings. The van der Waals surface area contributed by atoms with Gasteiger partial charge in [-0.3, -0.25) is 0 Å². The third-order valence-electron chi connectivity index (χ3n) is 1.13. The third-order valence-corrected chi connectivity index (χ3v) is 1.13. The quantitative estimate of drug-likeness (QED) is 0.553. The highest BCUT2D eigenvalue weighted by molar-refractivity contribution is 6.32. The van der Waals surface area contributed by atoms with Crippen LogP contribution in [0.15, 0.2) is 24.3 Å². The summed E-state index contributed by atoms with van der Waals surface area (Å²) in [7, 11) is 5.33. The summed E-state index contributed by atoms with van der Waals surface area (Å²) in [6, 6.07) is 6.17. The summed E-state index contributed by atoms with van der Waals surface area (Å²) in [5.74, 6) is -0.952. The zero-order valence-corrected chi connectivity index (χ0v) is 5.24. The Bertz CT molecular complexity index is 258. The van der Waals surface area contributed by atoms with E-state index in [0.29, 0.717) is 5.46 Å². The number of rotatable bonds is 1. The lowest BCUT2D eigenvalue weighted by Gasteiger charge is -1.93. The molecule has 0 atom stereocenters. The molecule has 0 heterocycles. The molecule has 1 aromatic rings. The summed E-state index contributed by atoms with van der Waals surface area (Å²) >= 11 is 0. The molecule has 0 unspecified atom stereocenters. The average Bonchev–Trinajstić information content (AvgIpc) is 1.88. The minimum absolute atomic E-state index is 0.222. The molecule has 1 aromatic carbocycles. The van der Waals surface area contributed by atoms with Crippen molar-refractivity contribution in [2.45, 2.75) is 0 Å². The zero-order valence-electron chi connectivity index (χ0n) is 5.24. The lowest BCUT2D eigenvalue weighted by molar-refractivity contribution is 0.0697. The Labute approximate surface area is 59.9 Å². The summed E-state index contributed by atoms with van der Waals surface area (Å²) in [6.45, 7) is 0. The molecule has 0 saturated heterocycles. The third kappa shape index (κ3) is 1.38. The smallest absolute Gasteiger partial charge is 0.335 e. The normalized spacial score (nSPS) is 9.20. The second-order valence-electron chi connectivity index (χ2n) is 1.93. The number of benzene rings is 1. The van der Waals surface area contributed by atoms with E-state index < -0.39 is 5.97 Å². The maximum absolute atomic E-state index is 10.3. The Hall–Kier alpha value is -1.25. The van der Waals surface area contributed by atoms with Crippen LogP contribution >= 0.6 is 0 Å². The van der Waals surface area contributed by atoms with Gasteiger partial charge in [-0.15, -0.1) is 0 Å². The largest absolute Gasteiger partial charge is 0.478 e. The molecule has 0 spiro atoms. The molecule has 0 aliphatic heterocycles. The Morgan fingerprint density at radius 2 is 2.20 bits per heavy atom. The lowest BCUT2D eigenvalue weighted by Crippen LogP contribution is -2.05. The Morgan fingerprint density at radius 1 is 1.50 bits per heavy atom. The first kappa shape index (κ1) is 6.87. The van der Waals surface area contributed by atoms with Crippen molar-refractivity contribution in [1.82, 2.24) is 0 Å².